The van der Waals surface area contributed by atoms with Crippen molar-refractivity contribution >= 4 is 62.4 Å². The van der Waals surface area contributed by atoms with E-state index in [-0.39, 0.29) is 23.8 Å². The van der Waals surface area contributed by atoms with Gasteiger partial charge in [-0.25, -0.2) is 14.1 Å². The third kappa shape index (κ3) is 6.79. The van der Waals surface area contributed by atoms with Gasteiger partial charge in [0.15, 0.2) is 5.82 Å². The van der Waals surface area contributed by atoms with Gasteiger partial charge in [-0.05, 0) is 105 Å². The molecule has 3 heterocycles. The topological polar surface area (TPSA) is 98.1 Å². The number of ether oxygens (including phenoxy) is 2. The lowest BCUT2D eigenvalue weighted by Crippen LogP contribution is -2.40. The van der Waals surface area contributed by atoms with E-state index in [1.54, 1.807) is 4.52 Å². The van der Waals surface area contributed by atoms with E-state index >= 15 is 0 Å². The Bertz CT molecular complexity index is 1320. The van der Waals surface area contributed by atoms with Crippen molar-refractivity contribution in [2.75, 3.05) is 4.90 Å². The van der Waals surface area contributed by atoms with Crippen molar-refractivity contribution in [3.05, 3.63) is 43.9 Å². The number of hydrogen-bond acceptors (Lipinski definition) is 7. The minimum absolute atomic E-state index is 0.00931. The SMILES string of the molecule is CC(C)(C)OC(=O)N[C@H]1CCC[C@@H]1c1cc2c(N(Cc3cccs3)C(=O)OC(C)(C)C)nc(Cl)nn2c1Br. The van der Waals surface area contributed by atoms with Crippen molar-refractivity contribution in [3.63, 3.8) is 0 Å². The number of fused-ring (bicyclic) bond motifs is 1. The van der Waals surface area contributed by atoms with Crippen LogP contribution in [0.5, 0.6) is 0 Å². The molecule has 0 aliphatic heterocycles. The Morgan fingerprint density at radius 1 is 1.21 bits per heavy atom. The Kier molecular flexibility index (Phi) is 8.30. The van der Waals surface area contributed by atoms with Crippen LogP contribution in [0.15, 0.2) is 28.2 Å². The smallest absolute Gasteiger partial charge is 0.416 e. The first kappa shape index (κ1) is 28.6. The molecule has 1 N–H and O–H groups in total. The highest BCUT2D eigenvalue weighted by Gasteiger charge is 2.35. The Morgan fingerprint density at radius 2 is 1.92 bits per heavy atom. The second-order valence-electron chi connectivity index (χ2n) is 11.3. The molecule has 2 amide bonds. The van der Waals surface area contributed by atoms with Crippen molar-refractivity contribution in [2.24, 2.45) is 0 Å². The van der Waals surface area contributed by atoms with Gasteiger partial charge in [0.2, 0.25) is 5.28 Å². The lowest BCUT2D eigenvalue weighted by Gasteiger charge is -2.27. The monoisotopic (exact) mass is 625 g/mol. The third-order valence-corrected chi connectivity index (χ3v) is 7.75. The van der Waals surface area contributed by atoms with Crippen LogP contribution in [0.2, 0.25) is 5.28 Å². The first-order valence-corrected chi connectivity index (χ1v) is 14.5. The number of nitrogens with zero attached hydrogens (tertiary/aromatic N) is 4. The van der Waals surface area contributed by atoms with Crippen LogP contribution in [0.3, 0.4) is 0 Å². The van der Waals surface area contributed by atoms with Crippen molar-refractivity contribution in [1.82, 2.24) is 19.9 Å². The minimum Gasteiger partial charge on any atom is -0.444 e. The number of aromatic nitrogens is 3. The molecule has 4 rings (SSSR count). The maximum Gasteiger partial charge on any atom is 0.416 e. The van der Waals surface area contributed by atoms with E-state index in [0.717, 1.165) is 29.7 Å². The molecule has 9 nitrogen and oxygen atoms in total. The summed E-state index contributed by atoms with van der Waals surface area (Å²) in [5.41, 5.74) is 0.262. The van der Waals surface area contributed by atoms with Gasteiger partial charge in [0.1, 0.15) is 21.3 Å². The number of nitrogens with one attached hydrogen (secondary N) is 1. The van der Waals surface area contributed by atoms with E-state index < -0.39 is 23.4 Å². The molecule has 0 bridgehead atoms. The Morgan fingerprint density at radius 3 is 2.55 bits per heavy atom. The molecule has 0 aromatic carbocycles. The summed E-state index contributed by atoms with van der Waals surface area (Å²) in [5.74, 6) is 0.353. The Labute approximate surface area is 240 Å². The molecule has 12 heteroatoms. The van der Waals surface area contributed by atoms with Gasteiger partial charge < -0.3 is 14.8 Å². The van der Waals surface area contributed by atoms with Gasteiger partial charge in [-0.1, -0.05) is 12.5 Å². The van der Waals surface area contributed by atoms with Crippen LogP contribution in [-0.4, -0.2) is 44.0 Å². The Hall–Kier alpha value is -2.37. The second kappa shape index (κ2) is 11.0. The van der Waals surface area contributed by atoms with E-state index in [9.17, 15) is 9.59 Å². The summed E-state index contributed by atoms with van der Waals surface area (Å²) in [7, 11) is 0. The lowest BCUT2D eigenvalue weighted by molar-refractivity contribution is 0.0499. The van der Waals surface area contributed by atoms with Crippen molar-refractivity contribution < 1.29 is 19.1 Å². The predicted molar refractivity (Wildman–Crippen MR) is 152 cm³/mol. The number of anilines is 1. The number of rotatable bonds is 5. The molecule has 38 heavy (non-hydrogen) atoms. The van der Waals surface area contributed by atoms with Crippen molar-refractivity contribution in [1.29, 1.82) is 0 Å². The zero-order valence-corrected chi connectivity index (χ0v) is 25.5. The van der Waals surface area contributed by atoms with Gasteiger partial charge >= 0.3 is 12.2 Å². The fourth-order valence-corrected chi connectivity index (χ4v) is 6.05. The van der Waals surface area contributed by atoms with Gasteiger partial charge in [-0.2, -0.15) is 4.98 Å². The molecular formula is C26H33BrClN5O4S. The van der Waals surface area contributed by atoms with Crippen LogP contribution in [0, 0.1) is 0 Å². The van der Waals surface area contributed by atoms with Gasteiger partial charge in [0.25, 0.3) is 0 Å². The number of hydrogen-bond donors (Lipinski definition) is 1. The summed E-state index contributed by atoms with van der Waals surface area (Å²) in [6, 6.07) is 5.73. The van der Waals surface area contributed by atoms with Crippen LogP contribution in [0.4, 0.5) is 15.4 Å². The van der Waals surface area contributed by atoms with Crippen molar-refractivity contribution in [2.45, 2.75) is 90.5 Å². The van der Waals surface area contributed by atoms with Crippen LogP contribution >= 0.6 is 38.9 Å². The molecule has 0 spiro atoms. The zero-order chi connectivity index (χ0) is 27.8. The minimum atomic E-state index is -0.698. The maximum atomic E-state index is 13.4. The Balaban J connectivity index is 1.74. The first-order valence-electron chi connectivity index (χ1n) is 12.5. The largest absolute Gasteiger partial charge is 0.444 e. The quantitative estimate of drug-likeness (QED) is 0.319. The number of carbonyl (C=O) groups is 2. The molecule has 2 atom stereocenters. The fraction of sp³-hybridized carbons (Fsp3) is 0.538. The van der Waals surface area contributed by atoms with E-state index in [4.69, 9.17) is 21.1 Å². The van der Waals surface area contributed by atoms with Crippen LogP contribution in [-0.2, 0) is 16.0 Å². The van der Waals surface area contributed by atoms with Crippen LogP contribution in [0.1, 0.15) is 77.2 Å². The number of thiophene rings is 1. The van der Waals surface area contributed by atoms with E-state index in [0.29, 0.717) is 15.9 Å². The standard InChI is InChI=1S/C26H33BrClN5O4S/c1-25(2,3)36-23(34)29-18-11-7-10-16(18)17-13-19-21(30-22(28)31-33(19)20(17)27)32(14-15-9-8-12-38-15)24(35)37-26(4,5)6/h8-9,12-13,16,18H,7,10-11,14H2,1-6H3,(H,29,34)/t16-,18+/m1/s1. The second-order valence-corrected chi connectivity index (χ2v) is 13.4. The number of amides is 2. The van der Waals surface area contributed by atoms with E-state index in [1.165, 1.54) is 16.2 Å². The highest BCUT2D eigenvalue weighted by atomic mass is 79.9. The van der Waals surface area contributed by atoms with Gasteiger partial charge in [-0.15, -0.1) is 16.4 Å². The molecule has 3 aromatic rings. The molecule has 1 fully saturated rings. The average molecular weight is 627 g/mol. The molecule has 1 aliphatic rings. The van der Waals surface area contributed by atoms with Gasteiger partial charge in [-0.3, -0.25) is 4.90 Å². The molecule has 3 aromatic heterocycles. The fourth-order valence-electron chi connectivity index (χ4n) is 4.53. The summed E-state index contributed by atoms with van der Waals surface area (Å²) in [6.07, 6.45) is 1.67. The van der Waals surface area contributed by atoms with Gasteiger partial charge in [0.05, 0.1) is 6.54 Å². The number of alkyl carbamates (subject to hydrolysis) is 1. The normalized spacial score (nSPS) is 18.0. The highest BCUT2D eigenvalue weighted by molar-refractivity contribution is 9.10. The summed E-state index contributed by atoms with van der Waals surface area (Å²) >= 11 is 11.6. The van der Waals surface area contributed by atoms with Crippen LogP contribution < -0.4 is 10.2 Å². The molecule has 0 saturated heterocycles. The summed E-state index contributed by atoms with van der Waals surface area (Å²) < 4.78 is 13.6. The molecule has 206 valence electrons. The first-order chi connectivity index (χ1) is 17.7. The summed E-state index contributed by atoms with van der Waals surface area (Å²) in [4.78, 5) is 32.9. The van der Waals surface area contributed by atoms with Crippen LogP contribution in [0.25, 0.3) is 5.52 Å². The summed E-state index contributed by atoms with van der Waals surface area (Å²) in [6.45, 7) is 11.2. The highest BCUT2D eigenvalue weighted by Crippen LogP contribution is 2.41. The van der Waals surface area contributed by atoms with E-state index in [1.807, 2.05) is 65.1 Å². The molecule has 1 saturated carbocycles. The predicted octanol–water partition coefficient (Wildman–Crippen LogP) is 7.31. The maximum absolute atomic E-state index is 13.4. The molecular weight excluding hydrogens is 594 g/mol. The third-order valence-electron chi connectivity index (χ3n) is 5.94. The average Bonchev–Trinajstić information content (AvgIpc) is 3.50. The molecule has 0 unspecified atom stereocenters. The van der Waals surface area contributed by atoms with Crippen molar-refractivity contribution in [3.8, 4) is 0 Å². The summed E-state index contributed by atoms with van der Waals surface area (Å²) in [5, 5.41) is 9.40. The van der Waals surface area contributed by atoms with E-state index in [2.05, 4.69) is 31.3 Å². The number of halogens is 2. The zero-order valence-electron chi connectivity index (χ0n) is 22.4. The molecule has 0 radical (unpaired) electrons. The lowest BCUT2D eigenvalue weighted by atomic mass is 9.96. The molecule has 1 aliphatic carbocycles. The van der Waals surface area contributed by atoms with Gasteiger partial charge in [0, 0.05) is 16.8 Å². The number of carbonyl (C=O) groups excluding carboxylic acids is 2.